The summed E-state index contributed by atoms with van der Waals surface area (Å²) >= 11 is 6.18. The van der Waals surface area contributed by atoms with Gasteiger partial charge in [-0.2, -0.15) is 0 Å². The summed E-state index contributed by atoms with van der Waals surface area (Å²) in [7, 11) is 1.41. The molecule has 1 aliphatic rings. The van der Waals surface area contributed by atoms with E-state index in [-0.39, 0.29) is 5.97 Å². The van der Waals surface area contributed by atoms with Crippen molar-refractivity contribution in [3.05, 3.63) is 87.6 Å². The van der Waals surface area contributed by atoms with Gasteiger partial charge in [-0.15, -0.1) is 0 Å². The minimum Gasteiger partial charge on any atom is -0.469 e. The first-order valence-corrected chi connectivity index (χ1v) is 9.92. The highest BCUT2D eigenvalue weighted by molar-refractivity contribution is 6.30. The average molecular weight is 392 g/mol. The maximum absolute atomic E-state index is 11.4. The fraction of sp³-hybridized carbons (Fsp3) is 0.250. The van der Waals surface area contributed by atoms with E-state index in [0.717, 1.165) is 47.5 Å². The molecule has 0 atom stereocenters. The summed E-state index contributed by atoms with van der Waals surface area (Å²) in [6.07, 6.45) is 4.45. The van der Waals surface area contributed by atoms with Gasteiger partial charge in [0, 0.05) is 16.3 Å². The van der Waals surface area contributed by atoms with Crippen LogP contribution in [-0.2, 0) is 35.2 Å². The maximum atomic E-state index is 11.4. The van der Waals surface area contributed by atoms with Crippen molar-refractivity contribution in [2.24, 2.45) is 0 Å². The van der Waals surface area contributed by atoms with Gasteiger partial charge in [0.25, 0.3) is 0 Å². The molecular formula is C24H22ClNO2. The lowest BCUT2D eigenvalue weighted by molar-refractivity contribution is -0.139. The zero-order valence-corrected chi connectivity index (χ0v) is 16.6. The molecule has 0 radical (unpaired) electrons. The minimum absolute atomic E-state index is 0.217. The Labute approximate surface area is 170 Å². The highest BCUT2D eigenvalue weighted by Crippen LogP contribution is 2.31. The summed E-state index contributed by atoms with van der Waals surface area (Å²) in [6, 6.07) is 18.3. The monoisotopic (exact) mass is 391 g/mol. The Morgan fingerprint density at radius 1 is 1.07 bits per heavy atom. The van der Waals surface area contributed by atoms with Crippen molar-refractivity contribution < 1.29 is 9.53 Å². The number of hydrogen-bond donors (Lipinski definition) is 0. The number of carbonyl (C=O) groups is 1. The zero-order valence-electron chi connectivity index (χ0n) is 15.9. The number of aromatic nitrogens is 1. The predicted octanol–water partition coefficient (Wildman–Crippen LogP) is 5.20. The Morgan fingerprint density at radius 3 is 2.61 bits per heavy atom. The summed E-state index contributed by atoms with van der Waals surface area (Å²) in [6.45, 7) is 0. The van der Waals surface area contributed by atoms with Gasteiger partial charge in [0.15, 0.2) is 0 Å². The molecule has 3 nitrogen and oxygen atoms in total. The van der Waals surface area contributed by atoms with Gasteiger partial charge in [-0.1, -0.05) is 48.0 Å². The number of hydrogen-bond acceptors (Lipinski definition) is 3. The summed E-state index contributed by atoms with van der Waals surface area (Å²) in [4.78, 5) is 16.4. The fourth-order valence-corrected chi connectivity index (χ4v) is 4.00. The van der Waals surface area contributed by atoms with E-state index in [0.29, 0.717) is 6.42 Å². The Bertz CT molecular complexity index is 1010. The molecule has 4 heteroatoms. The number of halogens is 1. The Hall–Kier alpha value is -2.65. The lowest BCUT2D eigenvalue weighted by Gasteiger charge is -2.12. The third-order valence-corrected chi connectivity index (χ3v) is 5.49. The Kier molecular flexibility index (Phi) is 5.45. The molecule has 0 amide bonds. The molecule has 2 aromatic carbocycles. The number of carbonyl (C=O) groups excluding carboxylic acids is 1. The third-order valence-electron chi connectivity index (χ3n) is 5.26. The van der Waals surface area contributed by atoms with Crippen LogP contribution >= 0.6 is 11.6 Å². The molecule has 0 fully saturated rings. The summed E-state index contributed by atoms with van der Waals surface area (Å²) in [5.41, 5.74) is 8.18. The van der Waals surface area contributed by atoms with Gasteiger partial charge >= 0.3 is 5.97 Å². The topological polar surface area (TPSA) is 39.2 Å². The molecule has 142 valence electrons. The van der Waals surface area contributed by atoms with Crippen LogP contribution in [0.4, 0.5) is 0 Å². The molecule has 4 rings (SSSR count). The maximum Gasteiger partial charge on any atom is 0.309 e. The number of methoxy groups -OCH3 is 1. The highest BCUT2D eigenvalue weighted by atomic mass is 35.5. The largest absolute Gasteiger partial charge is 0.469 e. The summed E-state index contributed by atoms with van der Waals surface area (Å²) < 4.78 is 4.74. The number of nitrogens with zero attached hydrogens (tertiary/aromatic N) is 1. The van der Waals surface area contributed by atoms with Crippen molar-refractivity contribution in [3.63, 3.8) is 0 Å². The van der Waals surface area contributed by atoms with E-state index in [1.54, 1.807) is 0 Å². The molecule has 1 aromatic heterocycles. The number of esters is 1. The van der Waals surface area contributed by atoms with E-state index in [1.807, 2.05) is 30.3 Å². The van der Waals surface area contributed by atoms with Crippen LogP contribution in [0.3, 0.4) is 0 Å². The van der Waals surface area contributed by atoms with Crippen molar-refractivity contribution in [3.8, 4) is 11.3 Å². The van der Waals surface area contributed by atoms with Gasteiger partial charge in [-0.05, 0) is 66.1 Å². The van der Waals surface area contributed by atoms with Crippen LogP contribution in [0.1, 0.15) is 34.4 Å². The van der Waals surface area contributed by atoms with Crippen molar-refractivity contribution in [2.45, 2.75) is 32.1 Å². The molecule has 0 N–H and O–H groups in total. The molecule has 3 aromatic rings. The number of pyridine rings is 1. The molecule has 0 aliphatic heterocycles. The lowest BCUT2D eigenvalue weighted by atomic mass is 9.96. The number of fused-ring (bicyclic) bond motifs is 1. The fourth-order valence-electron chi connectivity index (χ4n) is 3.81. The molecule has 1 heterocycles. The second-order valence-electron chi connectivity index (χ2n) is 7.20. The van der Waals surface area contributed by atoms with E-state index < -0.39 is 0 Å². The number of aryl methyl sites for hydroxylation is 1. The molecular weight excluding hydrogens is 370 g/mol. The standard InChI is InChI=1S/C24H22ClNO2/c1-28-24(27)13-17-10-8-16(9-11-17)12-19-15-23(18-4-2-5-20(25)14-18)26-22-7-3-6-21(19)22/h2,4-5,8-11,14-15H,3,6-7,12-13H2,1H3. The Balaban J connectivity index is 1.63. The van der Waals surface area contributed by atoms with Gasteiger partial charge in [0.2, 0.25) is 0 Å². The SMILES string of the molecule is COC(=O)Cc1ccc(Cc2cc(-c3cccc(Cl)c3)nc3c2CCC3)cc1. The van der Waals surface area contributed by atoms with Crippen molar-refractivity contribution >= 4 is 17.6 Å². The van der Waals surface area contributed by atoms with Gasteiger partial charge in [0.05, 0.1) is 19.2 Å². The molecule has 1 aliphatic carbocycles. The molecule has 0 saturated heterocycles. The first kappa shape index (κ1) is 18.7. The molecule has 0 spiro atoms. The van der Waals surface area contributed by atoms with Crippen LogP contribution in [0.5, 0.6) is 0 Å². The summed E-state index contributed by atoms with van der Waals surface area (Å²) in [5, 5.41) is 0.725. The van der Waals surface area contributed by atoms with Crippen molar-refractivity contribution in [2.75, 3.05) is 7.11 Å². The van der Waals surface area contributed by atoms with E-state index in [9.17, 15) is 4.79 Å². The van der Waals surface area contributed by atoms with Crippen molar-refractivity contribution in [1.29, 1.82) is 0 Å². The zero-order chi connectivity index (χ0) is 19.5. The first-order valence-electron chi connectivity index (χ1n) is 9.54. The average Bonchev–Trinajstić information content (AvgIpc) is 3.18. The van der Waals surface area contributed by atoms with Crippen LogP contribution < -0.4 is 0 Å². The molecule has 0 unspecified atom stereocenters. The van der Waals surface area contributed by atoms with E-state index in [4.69, 9.17) is 21.3 Å². The quantitative estimate of drug-likeness (QED) is 0.561. The number of benzene rings is 2. The second kappa shape index (κ2) is 8.15. The first-order chi connectivity index (χ1) is 13.6. The lowest BCUT2D eigenvalue weighted by Crippen LogP contribution is -2.04. The van der Waals surface area contributed by atoms with E-state index >= 15 is 0 Å². The van der Waals surface area contributed by atoms with Crippen LogP contribution in [0.2, 0.25) is 5.02 Å². The third kappa shape index (κ3) is 4.10. The van der Waals surface area contributed by atoms with Gasteiger partial charge in [-0.25, -0.2) is 0 Å². The van der Waals surface area contributed by atoms with E-state index in [1.165, 1.54) is 29.5 Å². The number of rotatable bonds is 5. The second-order valence-corrected chi connectivity index (χ2v) is 7.64. The van der Waals surface area contributed by atoms with E-state index in [2.05, 4.69) is 24.3 Å². The molecule has 28 heavy (non-hydrogen) atoms. The van der Waals surface area contributed by atoms with Crippen molar-refractivity contribution in [1.82, 2.24) is 4.98 Å². The molecule has 0 bridgehead atoms. The van der Waals surface area contributed by atoms with Crippen LogP contribution in [0.15, 0.2) is 54.6 Å². The smallest absolute Gasteiger partial charge is 0.309 e. The minimum atomic E-state index is -0.217. The summed E-state index contributed by atoms with van der Waals surface area (Å²) in [5.74, 6) is -0.217. The van der Waals surface area contributed by atoms with Gasteiger partial charge in [0.1, 0.15) is 0 Å². The normalized spacial score (nSPS) is 12.6. The van der Waals surface area contributed by atoms with Crippen LogP contribution in [0.25, 0.3) is 11.3 Å². The van der Waals surface area contributed by atoms with Crippen LogP contribution in [-0.4, -0.2) is 18.1 Å². The number of ether oxygens (including phenoxy) is 1. The predicted molar refractivity (Wildman–Crippen MR) is 112 cm³/mol. The van der Waals surface area contributed by atoms with Gasteiger partial charge < -0.3 is 4.74 Å². The molecule has 0 saturated carbocycles. The highest BCUT2D eigenvalue weighted by Gasteiger charge is 2.19. The van der Waals surface area contributed by atoms with Gasteiger partial charge in [-0.3, -0.25) is 9.78 Å². The Morgan fingerprint density at radius 2 is 1.86 bits per heavy atom. The van der Waals surface area contributed by atoms with Crippen LogP contribution in [0, 0.1) is 0 Å².